The minimum atomic E-state index is -4.46. The van der Waals surface area contributed by atoms with E-state index in [1.165, 1.54) is 12.1 Å². The van der Waals surface area contributed by atoms with Crippen LogP contribution in [0.2, 0.25) is 0 Å². The van der Waals surface area contributed by atoms with Gasteiger partial charge in [0.15, 0.2) is 5.79 Å². The van der Waals surface area contributed by atoms with Crippen LogP contribution in [0.15, 0.2) is 42.5 Å². The lowest BCUT2D eigenvalue weighted by Gasteiger charge is -2.39. The van der Waals surface area contributed by atoms with E-state index in [-0.39, 0.29) is 5.69 Å². The number of nitrogens with one attached hydrogen (secondary N) is 1. The number of halogens is 3. The highest BCUT2D eigenvalue weighted by molar-refractivity contribution is 6.05. The van der Waals surface area contributed by atoms with Gasteiger partial charge in [-0.15, -0.1) is 0 Å². The largest absolute Gasteiger partial charge is 0.416 e. The summed E-state index contributed by atoms with van der Waals surface area (Å²) in [6.07, 6.45) is -2.98. The van der Waals surface area contributed by atoms with Crippen LogP contribution < -0.4 is 10.2 Å². The number of anilines is 2. The second kappa shape index (κ2) is 7.92. The molecule has 0 bridgehead atoms. The van der Waals surface area contributed by atoms with Crippen molar-refractivity contribution in [3.63, 3.8) is 0 Å². The fraction of sp³-hybridized carbons (Fsp3) is 0.409. The molecule has 160 valence electrons. The Balaban J connectivity index is 1.48. The number of hydrogen-bond donors (Lipinski definition) is 1. The monoisotopic (exact) mass is 420 g/mol. The number of piperidine rings is 1. The number of hydrogen-bond acceptors (Lipinski definition) is 4. The van der Waals surface area contributed by atoms with Gasteiger partial charge in [-0.25, -0.2) is 0 Å². The van der Waals surface area contributed by atoms with E-state index in [4.69, 9.17) is 9.47 Å². The second-order valence-corrected chi connectivity index (χ2v) is 7.63. The molecule has 2 saturated heterocycles. The summed E-state index contributed by atoms with van der Waals surface area (Å²) < 4.78 is 50.2. The Bertz CT molecular complexity index is 929. The molecular weight excluding hydrogens is 397 g/mol. The van der Waals surface area contributed by atoms with Gasteiger partial charge in [-0.3, -0.25) is 4.79 Å². The average molecular weight is 420 g/mol. The summed E-state index contributed by atoms with van der Waals surface area (Å²) in [5.74, 6) is -0.936. The van der Waals surface area contributed by atoms with Gasteiger partial charge in [-0.1, -0.05) is 12.1 Å². The topological polar surface area (TPSA) is 50.8 Å². The van der Waals surface area contributed by atoms with Crippen LogP contribution in [0.25, 0.3) is 0 Å². The normalized spacial score (nSPS) is 18.6. The number of ether oxygens (including phenoxy) is 2. The molecule has 0 saturated carbocycles. The van der Waals surface area contributed by atoms with Gasteiger partial charge in [0.1, 0.15) is 0 Å². The maximum atomic E-state index is 12.9. The van der Waals surface area contributed by atoms with Crippen molar-refractivity contribution in [1.82, 2.24) is 0 Å². The number of benzene rings is 2. The van der Waals surface area contributed by atoms with E-state index in [9.17, 15) is 18.0 Å². The van der Waals surface area contributed by atoms with Crippen LogP contribution in [0.3, 0.4) is 0 Å². The molecule has 2 aliphatic rings. The molecule has 2 heterocycles. The Kier molecular flexibility index (Phi) is 5.46. The highest BCUT2D eigenvalue weighted by Crippen LogP contribution is 2.35. The summed E-state index contributed by atoms with van der Waals surface area (Å²) in [5.41, 5.74) is 1.65. The van der Waals surface area contributed by atoms with E-state index in [0.29, 0.717) is 18.8 Å². The smallest absolute Gasteiger partial charge is 0.371 e. The maximum Gasteiger partial charge on any atom is 0.416 e. The van der Waals surface area contributed by atoms with Gasteiger partial charge in [-0.05, 0) is 42.8 Å². The third-order valence-corrected chi connectivity index (χ3v) is 5.60. The van der Waals surface area contributed by atoms with Crippen molar-refractivity contribution in [2.24, 2.45) is 0 Å². The number of alkyl halides is 3. The quantitative estimate of drug-likeness (QED) is 0.788. The Morgan fingerprint density at radius 3 is 2.43 bits per heavy atom. The average Bonchev–Trinajstić information content (AvgIpc) is 3.17. The molecule has 2 fully saturated rings. The first-order valence-corrected chi connectivity index (χ1v) is 9.88. The molecule has 1 N–H and O–H groups in total. The molecule has 30 heavy (non-hydrogen) atoms. The Labute approximate surface area is 172 Å². The van der Waals surface area contributed by atoms with Crippen molar-refractivity contribution >= 4 is 17.3 Å². The van der Waals surface area contributed by atoms with Crippen LogP contribution in [-0.4, -0.2) is 38.0 Å². The van der Waals surface area contributed by atoms with Crippen LogP contribution in [0, 0.1) is 6.92 Å². The third kappa shape index (κ3) is 4.29. The molecule has 2 aromatic rings. The standard InChI is InChI=1S/C22H23F3N2O3/c1-15-5-6-16(20(28)26-18-4-2-3-17(14-18)22(23,24)25)13-19(15)27-9-7-21(8-10-27)29-11-12-30-21/h2-6,13-14H,7-12H2,1H3,(H,26,28). The number of amides is 1. The summed E-state index contributed by atoms with van der Waals surface area (Å²) >= 11 is 0. The van der Waals surface area contributed by atoms with Crippen molar-refractivity contribution in [3.8, 4) is 0 Å². The SMILES string of the molecule is Cc1ccc(C(=O)Nc2cccc(C(F)(F)F)c2)cc1N1CCC2(CC1)OCCO2. The first-order chi connectivity index (χ1) is 14.3. The highest BCUT2D eigenvalue weighted by atomic mass is 19.4. The summed E-state index contributed by atoms with van der Waals surface area (Å²) in [7, 11) is 0. The van der Waals surface area contributed by atoms with E-state index < -0.39 is 23.4 Å². The minimum absolute atomic E-state index is 0.104. The number of carbonyl (C=O) groups excluding carboxylic acids is 1. The van der Waals surface area contributed by atoms with Crippen molar-refractivity contribution in [1.29, 1.82) is 0 Å². The zero-order valence-electron chi connectivity index (χ0n) is 16.6. The number of rotatable bonds is 3. The number of nitrogens with zero attached hydrogens (tertiary/aromatic N) is 1. The molecule has 2 aromatic carbocycles. The lowest BCUT2D eigenvalue weighted by Crippen LogP contribution is -2.45. The molecule has 0 unspecified atom stereocenters. The molecule has 8 heteroatoms. The van der Waals surface area contributed by atoms with Crippen LogP contribution in [0.4, 0.5) is 24.5 Å². The molecule has 1 amide bonds. The molecule has 0 aromatic heterocycles. The first kappa shape index (κ1) is 20.7. The predicted molar refractivity (Wildman–Crippen MR) is 107 cm³/mol. The fourth-order valence-corrected chi connectivity index (χ4v) is 3.94. The van der Waals surface area contributed by atoms with Crippen LogP contribution in [0.1, 0.15) is 34.3 Å². The van der Waals surface area contributed by atoms with Crippen molar-refractivity contribution in [2.75, 3.05) is 36.5 Å². The van der Waals surface area contributed by atoms with Gasteiger partial charge in [0.2, 0.25) is 0 Å². The summed E-state index contributed by atoms with van der Waals surface area (Å²) in [6, 6.07) is 9.93. The van der Waals surface area contributed by atoms with Crippen LogP contribution in [-0.2, 0) is 15.7 Å². The van der Waals surface area contributed by atoms with Crippen molar-refractivity contribution in [2.45, 2.75) is 31.7 Å². The van der Waals surface area contributed by atoms with Crippen molar-refractivity contribution < 1.29 is 27.4 Å². The Morgan fingerprint density at radius 1 is 1.07 bits per heavy atom. The van der Waals surface area contributed by atoms with Crippen molar-refractivity contribution in [3.05, 3.63) is 59.2 Å². The molecule has 2 aliphatic heterocycles. The molecule has 5 nitrogen and oxygen atoms in total. The number of carbonyl (C=O) groups is 1. The van der Waals surface area contributed by atoms with E-state index in [0.717, 1.165) is 49.3 Å². The van der Waals surface area contributed by atoms with E-state index in [1.807, 2.05) is 13.0 Å². The molecule has 4 rings (SSSR count). The maximum absolute atomic E-state index is 12.9. The van der Waals surface area contributed by atoms with E-state index >= 15 is 0 Å². The summed E-state index contributed by atoms with van der Waals surface area (Å²) in [5, 5.41) is 2.56. The first-order valence-electron chi connectivity index (χ1n) is 9.88. The Morgan fingerprint density at radius 2 is 1.77 bits per heavy atom. The van der Waals surface area contributed by atoms with Gasteiger partial charge in [-0.2, -0.15) is 13.2 Å². The minimum Gasteiger partial charge on any atom is -0.371 e. The summed E-state index contributed by atoms with van der Waals surface area (Å²) in [4.78, 5) is 14.9. The van der Waals surface area contributed by atoms with Gasteiger partial charge < -0.3 is 19.7 Å². The molecule has 0 radical (unpaired) electrons. The third-order valence-electron chi connectivity index (χ3n) is 5.60. The summed E-state index contributed by atoms with van der Waals surface area (Å²) in [6.45, 7) is 4.67. The highest BCUT2D eigenvalue weighted by Gasteiger charge is 2.40. The number of aryl methyl sites for hydroxylation is 1. The zero-order valence-corrected chi connectivity index (χ0v) is 16.6. The van der Waals surface area contributed by atoms with E-state index in [1.54, 1.807) is 12.1 Å². The fourth-order valence-electron chi connectivity index (χ4n) is 3.94. The van der Waals surface area contributed by atoms with Gasteiger partial charge in [0.05, 0.1) is 18.8 Å². The second-order valence-electron chi connectivity index (χ2n) is 7.63. The molecule has 0 aliphatic carbocycles. The van der Waals surface area contributed by atoms with Gasteiger partial charge in [0, 0.05) is 42.9 Å². The Hall–Kier alpha value is -2.58. The zero-order chi connectivity index (χ0) is 21.4. The lowest BCUT2D eigenvalue weighted by molar-refractivity contribution is -0.169. The van der Waals surface area contributed by atoms with E-state index in [2.05, 4.69) is 10.2 Å². The van der Waals surface area contributed by atoms with Gasteiger partial charge >= 0.3 is 6.18 Å². The predicted octanol–water partition coefficient (Wildman–Crippen LogP) is 4.61. The van der Waals surface area contributed by atoms with Gasteiger partial charge in [0.25, 0.3) is 5.91 Å². The molecule has 1 spiro atoms. The van der Waals surface area contributed by atoms with Crippen LogP contribution >= 0.6 is 0 Å². The lowest BCUT2D eigenvalue weighted by atomic mass is 10.0. The van der Waals surface area contributed by atoms with Crippen LogP contribution in [0.5, 0.6) is 0 Å². The molecular formula is C22H23F3N2O3. The molecule has 0 atom stereocenters.